The van der Waals surface area contributed by atoms with Crippen molar-refractivity contribution in [2.75, 3.05) is 11.9 Å². The van der Waals surface area contributed by atoms with Crippen LogP contribution in [0.5, 0.6) is 0 Å². The molecule has 0 bridgehead atoms. The average molecular weight is 284 g/mol. The number of rotatable bonds is 5. The first-order valence-corrected chi connectivity index (χ1v) is 7.05. The second-order valence-electron chi connectivity index (χ2n) is 3.94. The Morgan fingerprint density at radius 1 is 1.42 bits per heavy atom. The molecule has 2 rings (SSSR count). The van der Waals surface area contributed by atoms with Crippen molar-refractivity contribution in [3.05, 3.63) is 42.2 Å². The Balaban J connectivity index is 2.01. The molecule has 102 valence electrons. The van der Waals surface area contributed by atoms with Gasteiger partial charge in [-0.2, -0.15) is 0 Å². The van der Waals surface area contributed by atoms with Crippen LogP contribution in [0, 0.1) is 5.82 Å². The van der Waals surface area contributed by atoms with Crippen LogP contribution in [-0.2, 0) is 16.4 Å². The highest BCUT2D eigenvalue weighted by atomic mass is 32.2. The van der Waals surface area contributed by atoms with Gasteiger partial charge in [0.25, 0.3) is 0 Å². The maximum Gasteiger partial charge on any atom is 0.238 e. The minimum Gasteiger partial charge on any atom is -0.382 e. The third-order valence-corrected chi connectivity index (χ3v) is 3.44. The topological polar surface area (TPSA) is 101 Å². The van der Waals surface area contributed by atoms with Gasteiger partial charge in [0.1, 0.15) is 5.82 Å². The van der Waals surface area contributed by atoms with Gasteiger partial charge in [-0.25, -0.2) is 22.9 Å². The quantitative estimate of drug-likeness (QED) is 0.757. The van der Waals surface area contributed by atoms with Crippen LogP contribution >= 0.6 is 0 Å². The second kappa shape index (κ2) is 5.37. The van der Waals surface area contributed by atoms with Gasteiger partial charge in [-0.05, 0) is 18.2 Å². The molecule has 0 unspecified atom stereocenters. The number of benzene rings is 1. The highest BCUT2D eigenvalue weighted by Crippen LogP contribution is 2.18. The molecule has 0 aliphatic heterocycles. The number of aromatic amines is 1. The van der Waals surface area contributed by atoms with E-state index in [1.807, 2.05) is 0 Å². The smallest absolute Gasteiger partial charge is 0.238 e. The summed E-state index contributed by atoms with van der Waals surface area (Å²) < 4.78 is 35.7. The van der Waals surface area contributed by atoms with E-state index in [1.165, 1.54) is 12.1 Å². The lowest BCUT2D eigenvalue weighted by molar-refractivity contribution is 0.593. The van der Waals surface area contributed by atoms with E-state index in [2.05, 4.69) is 15.3 Å². The Bertz CT molecular complexity index is 655. The van der Waals surface area contributed by atoms with E-state index >= 15 is 0 Å². The normalized spacial score (nSPS) is 11.5. The minimum atomic E-state index is -3.88. The van der Waals surface area contributed by atoms with Gasteiger partial charge < -0.3 is 10.3 Å². The number of nitrogens with zero attached hydrogens (tertiary/aromatic N) is 1. The van der Waals surface area contributed by atoms with Crippen LogP contribution in [-0.4, -0.2) is 24.9 Å². The van der Waals surface area contributed by atoms with Gasteiger partial charge in [-0.3, -0.25) is 0 Å². The Kier molecular flexibility index (Phi) is 3.82. The summed E-state index contributed by atoms with van der Waals surface area (Å²) in [6.45, 7) is 0.494. The third-order valence-electron chi connectivity index (χ3n) is 2.53. The number of aromatic nitrogens is 2. The largest absolute Gasteiger partial charge is 0.382 e. The number of primary sulfonamides is 1. The molecule has 6 nitrogen and oxygen atoms in total. The Morgan fingerprint density at radius 2 is 2.21 bits per heavy atom. The maximum atomic E-state index is 13.6. The van der Waals surface area contributed by atoms with E-state index in [0.29, 0.717) is 13.0 Å². The van der Waals surface area contributed by atoms with E-state index in [9.17, 15) is 12.8 Å². The molecule has 0 fully saturated rings. The molecule has 0 saturated heterocycles. The summed E-state index contributed by atoms with van der Waals surface area (Å²) in [6, 6.07) is 3.51. The van der Waals surface area contributed by atoms with E-state index < -0.39 is 15.8 Å². The molecule has 2 aromatic rings. The molecular formula is C11H13FN4O2S. The zero-order valence-electron chi connectivity index (χ0n) is 9.93. The highest BCUT2D eigenvalue weighted by molar-refractivity contribution is 7.89. The minimum absolute atomic E-state index is 0.229. The molecular weight excluding hydrogens is 271 g/mol. The monoisotopic (exact) mass is 284 g/mol. The standard InChI is InChI=1S/C11H13FN4O2S/c12-10-5-9(19(13,17)18)1-2-11(10)15-4-3-8-6-14-7-16-8/h1-2,5-7,15H,3-4H2,(H,14,16)(H2,13,17,18). The molecule has 1 aromatic heterocycles. The number of hydrogen-bond donors (Lipinski definition) is 3. The molecule has 0 aliphatic rings. The number of halogens is 1. The molecule has 1 heterocycles. The number of anilines is 1. The third kappa shape index (κ3) is 3.52. The van der Waals surface area contributed by atoms with Crippen LogP contribution in [0.4, 0.5) is 10.1 Å². The van der Waals surface area contributed by atoms with Crippen molar-refractivity contribution in [1.29, 1.82) is 0 Å². The molecule has 0 saturated carbocycles. The average Bonchev–Trinajstić information content (AvgIpc) is 2.83. The summed E-state index contributed by atoms with van der Waals surface area (Å²) in [5.74, 6) is -0.656. The first-order valence-electron chi connectivity index (χ1n) is 5.50. The van der Waals surface area contributed by atoms with Crippen molar-refractivity contribution < 1.29 is 12.8 Å². The van der Waals surface area contributed by atoms with Gasteiger partial charge >= 0.3 is 0 Å². The Labute approximate surface area is 109 Å². The van der Waals surface area contributed by atoms with Gasteiger partial charge in [-0.1, -0.05) is 0 Å². The van der Waals surface area contributed by atoms with E-state index in [1.54, 1.807) is 12.5 Å². The van der Waals surface area contributed by atoms with Crippen LogP contribution in [0.1, 0.15) is 5.69 Å². The lowest BCUT2D eigenvalue weighted by atomic mass is 10.3. The van der Waals surface area contributed by atoms with Crippen LogP contribution < -0.4 is 10.5 Å². The van der Waals surface area contributed by atoms with E-state index in [4.69, 9.17) is 5.14 Å². The summed E-state index contributed by atoms with van der Waals surface area (Å²) in [5.41, 5.74) is 1.15. The fraction of sp³-hybridized carbons (Fsp3) is 0.182. The lowest BCUT2D eigenvalue weighted by Crippen LogP contribution is -2.13. The van der Waals surface area contributed by atoms with Crippen molar-refractivity contribution in [2.24, 2.45) is 5.14 Å². The zero-order chi connectivity index (χ0) is 13.9. The van der Waals surface area contributed by atoms with Crippen molar-refractivity contribution in [3.8, 4) is 0 Å². The number of nitrogens with one attached hydrogen (secondary N) is 2. The van der Waals surface area contributed by atoms with Crippen LogP contribution in [0.2, 0.25) is 0 Å². The fourth-order valence-electron chi connectivity index (χ4n) is 1.57. The number of hydrogen-bond acceptors (Lipinski definition) is 4. The first-order chi connectivity index (χ1) is 8.97. The van der Waals surface area contributed by atoms with E-state index in [-0.39, 0.29) is 10.6 Å². The van der Waals surface area contributed by atoms with Gasteiger partial charge in [0, 0.05) is 24.9 Å². The molecule has 19 heavy (non-hydrogen) atoms. The van der Waals surface area contributed by atoms with Gasteiger partial charge in [0.05, 0.1) is 16.9 Å². The Hall–Kier alpha value is -1.93. The van der Waals surface area contributed by atoms with E-state index in [0.717, 1.165) is 11.8 Å². The van der Waals surface area contributed by atoms with Gasteiger partial charge in [0.2, 0.25) is 10.0 Å². The van der Waals surface area contributed by atoms with Gasteiger partial charge in [-0.15, -0.1) is 0 Å². The number of nitrogens with two attached hydrogens (primary N) is 1. The maximum absolute atomic E-state index is 13.6. The number of H-pyrrole nitrogens is 1. The molecule has 0 radical (unpaired) electrons. The number of sulfonamides is 1. The second-order valence-corrected chi connectivity index (χ2v) is 5.50. The first kappa shape index (κ1) is 13.5. The molecule has 0 aliphatic carbocycles. The Morgan fingerprint density at radius 3 is 2.79 bits per heavy atom. The predicted molar refractivity (Wildman–Crippen MR) is 68.6 cm³/mol. The van der Waals surface area contributed by atoms with Crippen LogP contribution in [0.15, 0.2) is 35.6 Å². The summed E-state index contributed by atoms with van der Waals surface area (Å²) in [5, 5.41) is 7.79. The SMILES string of the molecule is NS(=O)(=O)c1ccc(NCCc2cnc[nH]2)c(F)c1. The molecule has 0 atom stereocenters. The van der Waals surface area contributed by atoms with Crippen LogP contribution in [0.25, 0.3) is 0 Å². The van der Waals surface area contributed by atoms with Crippen molar-refractivity contribution in [3.63, 3.8) is 0 Å². The summed E-state index contributed by atoms with van der Waals surface area (Å²) >= 11 is 0. The molecule has 1 aromatic carbocycles. The van der Waals surface area contributed by atoms with Crippen molar-refractivity contribution >= 4 is 15.7 Å². The molecule has 4 N–H and O–H groups in total. The summed E-state index contributed by atoms with van der Waals surface area (Å²) in [4.78, 5) is 6.55. The van der Waals surface area contributed by atoms with Crippen LogP contribution in [0.3, 0.4) is 0 Å². The van der Waals surface area contributed by atoms with Crippen molar-refractivity contribution in [1.82, 2.24) is 9.97 Å². The zero-order valence-corrected chi connectivity index (χ0v) is 10.7. The number of imidazole rings is 1. The summed E-state index contributed by atoms with van der Waals surface area (Å²) in [6.07, 6.45) is 3.90. The van der Waals surface area contributed by atoms with Crippen molar-refractivity contribution in [2.45, 2.75) is 11.3 Å². The molecule has 0 spiro atoms. The fourth-order valence-corrected chi connectivity index (χ4v) is 2.09. The van der Waals surface area contributed by atoms with Gasteiger partial charge in [0.15, 0.2) is 0 Å². The predicted octanol–water partition coefficient (Wildman–Crippen LogP) is 0.851. The lowest BCUT2D eigenvalue weighted by Gasteiger charge is -2.07. The molecule has 0 amide bonds. The molecule has 8 heteroatoms. The summed E-state index contributed by atoms with van der Waals surface area (Å²) in [7, 11) is -3.88. The highest BCUT2D eigenvalue weighted by Gasteiger charge is 2.11.